The van der Waals surface area contributed by atoms with Crippen molar-refractivity contribution in [3.8, 4) is 0 Å². The summed E-state index contributed by atoms with van der Waals surface area (Å²) < 4.78 is 0. The number of hydrogen-bond acceptors (Lipinski definition) is 2. The highest BCUT2D eigenvalue weighted by atomic mass is 16.1. The molecule has 0 saturated heterocycles. The van der Waals surface area contributed by atoms with Crippen LogP contribution in [0.2, 0.25) is 0 Å². The molecule has 1 rings (SSSR count). The molecule has 0 heterocycles. The average molecular weight is 254 g/mol. The van der Waals surface area contributed by atoms with Crippen LogP contribution in [0.5, 0.6) is 0 Å². The van der Waals surface area contributed by atoms with Gasteiger partial charge >= 0.3 is 0 Å². The minimum Gasteiger partial charge on any atom is -0.355 e. The molecule has 3 N–H and O–H groups in total. The highest BCUT2D eigenvalue weighted by Crippen LogP contribution is 2.40. The van der Waals surface area contributed by atoms with E-state index in [0.717, 1.165) is 6.54 Å². The first kappa shape index (κ1) is 15.5. The number of nitrogens with one attached hydrogen (secondary N) is 1. The lowest BCUT2D eigenvalue weighted by Crippen LogP contribution is -2.42. The Balaban J connectivity index is 2.37. The normalized spacial score (nSPS) is 20.7. The van der Waals surface area contributed by atoms with Gasteiger partial charge in [-0.15, -0.1) is 0 Å². The summed E-state index contributed by atoms with van der Waals surface area (Å²) in [5, 5.41) is 3.10. The number of nitrogens with two attached hydrogens (primary N) is 1. The van der Waals surface area contributed by atoms with Crippen molar-refractivity contribution < 1.29 is 4.79 Å². The van der Waals surface area contributed by atoms with Gasteiger partial charge in [0, 0.05) is 19.0 Å². The van der Waals surface area contributed by atoms with E-state index in [4.69, 9.17) is 5.73 Å². The quantitative estimate of drug-likeness (QED) is 0.792. The van der Waals surface area contributed by atoms with Crippen LogP contribution in [0.4, 0.5) is 0 Å². The first-order valence-corrected chi connectivity index (χ1v) is 7.31. The molecule has 1 unspecified atom stereocenters. The van der Waals surface area contributed by atoms with Crippen molar-refractivity contribution in [2.24, 2.45) is 16.6 Å². The Labute approximate surface area is 112 Å². The van der Waals surface area contributed by atoms with Crippen molar-refractivity contribution in [1.29, 1.82) is 0 Å². The molecule has 0 aromatic heterocycles. The Hall–Kier alpha value is -0.570. The van der Waals surface area contributed by atoms with Gasteiger partial charge in [0.05, 0.1) is 0 Å². The monoisotopic (exact) mass is 254 g/mol. The zero-order valence-corrected chi connectivity index (χ0v) is 12.5. The lowest BCUT2D eigenvalue weighted by molar-refractivity contribution is -0.122. The SMILES string of the molecule is CCC1(CNC(=O)CC(N)C(C)(C)C)CCCC1. The molecule has 1 aliphatic carbocycles. The van der Waals surface area contributed by atoms with Crippen molar-refractivity contribution in [1.82, 2.24) is 5.32 Å². The molecule has 1 aliphatic rings. The van der Waals surface area contributed by atoms with E-state index >= 15 is 0 Å². The number of amides is 1. The maximum Gasteiger partial charge on any atom is 0.221 e. The zero-order valence-electron chi connectivity index (χ0n) is 12.5. The molecule has 3 heteroatoms. The first-order valence-electron chi connectivity index (χ1n) is 7.31. The van der Waals surface area contributed by atoms with E-state index in [-0.39, 0.29) is 17.4 Å². The van der Waals surface area contributed by atoms with Crippen LogP contribution in [0.3, 0.4) is 0 Å². The summed E-state index contributed by atoms with van der Waals surface area (Å²) in [6.07, 6.45) is 6.74. The maximum absolute atomic E-state index is 11.9. The molecule has 1 atom stereocenters. The summed E-state index contributed by atoms with van der Waals surface area (Å²) in [5.41, 5.74) is 6.40. The molecular weight excluding hydrogens is 224 g/mol. The van der Waals surface area contributed by atoms with Crippen LogP contribution in [0.1, 0.15) is 66.2 Å². The summed E-state index contributed by atoms with van der Waals surface area (Å²) in [5.74, 6) is 0.108. The molecule has 3 nitrogen and oxygen atoms in total. The smallest absolute Gasteiger partial charge is 0.221 e. The second-order valence-corrected chi connectivity index (χ2v) is 7.01. The Bertz CT molecular complexity index is 275. The van der Waals surface area contributed by atoms with Gasteiger partial charge in [-0.3, -0.25) is 4.79 Å². The van der Waals surface area contributed by atoms with Gasteiger partial charge < -0.3 is 11.1 Å². The van der Waals surface area contributed by atoms with E-state index in [9.17, 15) is 4.79 Å². The Kier molecular flexibility index (Phi) is 5.20. The van der Waals surface area contributed by atoms with E-state index in [1.807, 2.05) is 0 Å². The standard InChI is InChI=1S/C15H30N2O/c1-5-15(8-6-7-9-15)11-17-13(18)10-12(16)14(2,3)4/h12H,5-11,16H2,1-4H3,(H,17,18). The zero-order chi connectivity index (χ0) is 13.8. The van der Waals surface area contributed by atoms with Crippen molar-refractivity contribution in [2.75, 3.05) is 6.54 Å². The number of hydrogen-bond donors (Lipinski definition) is 2. The molecule has 0 radical (unpaired) electrons. The van der Waals surface area contributed by atoms with Crippen LogP contribution in [0.15, 0.2) is 0 Å². The Morgan fingerprint density at radius 1 is 1.33 bits per heavy atom. The summed E-state index contributed by atoms with van der Waals surface area (Å²) in [7, 11) is 0. The highest BCUT2D eigenvalue weighted by molar-refractivity contribution is 5.76. The lowest BCUT2D eigenvalue weighted by Gasteiger charge is -2.29. The number of carbonyl (C=O) groups excluding carboxylic acids is 1. The predicted octanol–water partition coefficient (Wildman–Crippen LogP) is 2.84. The molecule has 1 fully saturated rings. The van der Waals surface area contributed by atoms with E-state index in [0.29, 0.717) is 11.8 Å². The highest BCUT2D eigenvalue weighted by Gasteiger charge is 2.32. The lowest BCUT2D eigenvalue weighted by atomic mass is 9.83. The largest absolute Gasteiger partial charge is 0.355 e. The first-order chi connectivity index (χ1) is 8.29. The van der Waals surface area contributed by atoms with E-state index in [1.165, 1.54) is 32.1 Å². The van der Waals surface area contributed by atoms with Gasteiger partial charge in [-0.1, -0.05) is 40.5 Å². The molecule has 18 heavy (non-hydrogen) atoms. The van der Waals surface area contributed by atoms with Crippen LogP contribution < -0.4 is 11.1 Å². The van der Waals surface area contributed by atoms with E-state index in [2.05, 4.69) is 33.0 Å². The van der Waals surface area contributed by atoms with Crippen molar-refractivity contribution >= 4 is 5.91 Å². The predicted molar refractivity (Wildman–Crippen MR) is 76.2 cm³/mol. The van der Waals surface area contributed by atoms with Crippen LogP contribution in [0, 0.1) is 10.8 Å². The summed E-state index contributed by atoms with van der Waals surface area (Å²) in [6.45, 7) is 9.30. The van der Waals surface area contributed by atoms with Gasteiger partial charge in [0.25, 0.3) is 0 Å². The van der Waals surface area contributed by atoms with Crippen LogP contribution >= 0.6 is 0 Å². The van der Waals surface area contributed by atoms with Crippen LogP contribution in [-0.4, -0.2) is 18.5 Å². The third-order valence-corrected chi connectivity index (χ3v) is 4.59. The maximum atomic E-state index is 11.9. The topological polar surface area (TPSA) is 55.1 Å². The fourth-order valence-corrected chi connectivity index (χ4v) is 2.64. The van der Waals surface area contributed by atoms with Crippen molar-refractivity contribution in [2.45, 2.75) is 72.3 Å². The van der Waals surface area contributed by atoms with Crippen molar-refractivity contribution in [3.05, 3.63) is 0 Å². The second kappa shape index (κ2) is 6.05. The molecule has 1 amide bonds. The summed E-state index contributed by atoms with van der Waals surface area (Å²) in [6, 6.07) is -0.0707. The summed E-state index contributed by atoms with van der Waals surface area (Å²) in [4.78, 5) is 11.9. The van der Waals surface area contributed by atoms with E-state index < -0.39 is 0 Å². The molecule has 1 saturated carbocycles. The molecule has 0 spiro atoms. The van der Waals surface area contributed by atoms with Crippen LogP contribution in [0.25, 0.3) is 0 Å². The van der Waals surface area contributed by atoms with Gasteiger partial charge in [0.15, 0.2) is 0 Å². The average Bonchev–Trinajstić information content (AvgIpc) is 2.74. The second-order valence-electron chi connectivity index (χ2n) is 7.01. The molecular formula is C15H30N2O. The molecule has 106 valence electrons. The van der Waals surface area contributed by atoms with Gasteiger partial charge in [-0.25, -0.2) is 0 Å². The molecule has 0 aromatic rings. The van der Waals surface area contributed by atoms with E-state index in [1.54, 1.807) is 0 Å². The number of carbonyl (C=O) groups is 1. The molecule has 0 aromatic carbocycles. The van der Waals surface area contributed by atoms with Gasteiger partial charge in [0.2, 0.25) is 5.91 Å². The Morgan fingerprint density at radius 2 is 1.89 bits per heavy atom. The summed E-state index contributed by atoms with van der Waals surface area (Å²) >= 11 is 0. The minimum absolute atomic E-state index is 0.00680. The third kappa shape index (κ3) is 4.27. The molecule has 0 aliphatic heterocycles. The fraction of sp³-hybridized carbons (Fsp3) is 0.933. The van der Waals surface area contributed by atoms with Gasteiger partial charge in [-0.05, 0) is 30.1 Å². The third-order valence-electron chi connectivity index (χ3n) is 4.59. The van der Waals surface area contributed by atoms with Crippen molar-refractivity contribution in [3.63, 3.8) is 0 Å². The Morgan fingerprint density at radius 3 is 2.33 bits per heavy atom. The molecule has 0 bridgehead atoms. The fourth-order valence-electron chi connectivity index (χ4n) is 2.64. The number of rotatable bonds is 5. The minimum atomic E-state index is -0.0707. The van der Waals surface area contributed by atoms with Crippen LogP contribution in [-0.2, 0) is 4.79 Å². The van der Waals surface area contributed by atoms with Gasteiger partial charge in [-0.2, -0.15) is 0 Å². The van der Waals surface area contributed by atoms with Gasteiger partial charge in [0.1, 0.15) is 0 Å².